The van der Waals surface area contributed by atoms with Gasteiger partial charge in [-0.25, -0.2) is 9.78 Å². The fourth-order valence-corrected chi connectivity index (χ4v) is 1.04. The molecule has 0 saturated carbocycles. The molecule has 1 aromatic heterocycles. The van der Waals surface area contributed by atoms with E-state index >= 15 is 0 Å². The van der Waals surface area contributed by atoms with Crippen molar-refractivity contribution in [3.63, 3.8) is 0 Å². The van der Waals surface area contributed by atoms with Gasteiger partial charge in [-0.2, -0.15) is 0 Å². The quantitative estimate of drug-likeness (QED) is 0.805. The number of hydrogen-bond acceptors (Lipinski definition) is 3. The number of alkyl carbamates (subject to hydrolysis) is 1. The van der Waals surface area contributed by atoms with Crippen molar-refractivity contribution in [2.45, 2.75) is 32.9 Å². The second-order valence-corrected chi connectivity index (χ2v) is 4.39. The van der Waals surface area contributed by atoms with Crippen LogP contribution in [0, 0.1) is 0 Å². The maximum Gasteiger partial charge on any atom is 0.407 e. The zero-order valence-electron chi connectivity index (χ0n) is 9.57. The molecule has 0 unspecified atom stereocenters. The SMILES string of the molecule is Cn1cnc(CNC(=O)OC(C)(C)C)c1. The maximum atomic E-state index is 11.3. The van der Waals surface area contributed by atoms with E-state index in [4.69, 9.17) is 4.74 Å². The second-order valence-electron chi connectivity index (χ2n) is 4.39. The molecule has 0 aromatic carbocycles. The number of aromatic nitrogens is 2. The van der Waals surface area contributed by atoms with Gasteiger partial charge < -0.3 is 14.6 Å². The average molecular weight is 211 g/mol. The molecular weight excluding hydrogens is 194 g/mol. The maximum absolute atomic E-state index is 11.3. The van der Waals surface area contributed by atoms with Gasteiger partial charge in [0.05, 0.1) is 18.6 Å². The average Bonchev–Trinajstić information content (AvgIpc) is 2.45. The molecule has 0 radical (unpaired) electrons. The number of nitrogens with zero attached hydrogens (tertiary/aromatic N) is 2. The molecule has 0 aliphatic heterocycles. The largest absolute Gasteiger partial charge is 0.444 e. The van der Waals surface area contributed by atoms with Crippen LogP contribution in [0.2, 0.25) is 0 Å². The number of rotatable bonds is 2. The van der Waals surface area contributed by atoms with Crippen LogP contribution in [0.5, 0.6) is 0 Å². The summed E-state index contributed by atoms with van der Waals surface area (Å²) in [6.45, 7) is 5.86. The number of nitrogens with one attached hydrogen (secondary N) is 1. The van der Waals surface area contributed by atoms with E-state index in [9.17, 15) is 4.79 Å². The summed E-state index contributed by atoms with van der Waals surface area (Å²) in [5.74, 6) is 0. The van der Waals surface area contributed by atoms with Crippen molar-refractivity contribution in [3.05, 3.63) is 18.2 Å². The molecule has 5 nitrogen and oxygen atoms in total. The summed E-state index contributed by atoms with van der Waals surface area (Å²) in [5, 5.41) is 2.63. The predicted octanol–water partition coefficient (Wildman–Crippen LogP) is 1.44. The van der Waals surface area contributed by atoms with Crippen LogP contribution in [-0.4, -0.2) is 21.2 Å². The van der Waals surface area contributed by atoms with Crippen LogP contribution in [0.25, 0.3) is 0 Å². The molecule has 0 bridgehead atoms. The minimum absolute atomic E-state index is 0.385. The van der Waals surface area contributed by atoms with Crippen LogP contribution < -0.4 is 5.32 Å². The van der Waals surface area contributed by atoms with E-state index < -0.39 is 11.7 Å². The van der Waals surface area contributed by atoms with Crippen molar-refractivity contribution < 1.29 is 9.53 Å². The van der Waals surface area contributed by atoms with Gasteiger partial charge in [-0.1, -0.05) is 0 Å². The fourth-order valence-electron chi connectivity index (χ4n) is 1.04. The highest BCUT2D eigenvalue weighted by atomic mass is 16.6. The minimum Gasteiger partial charge on any atom is -0.444 e. The third-order valence-corrected chi connectivity index (χ3v) is 1.57. The minimum atomic E-state index is -0.464. The van der Waals surface area contributed by atoms with E-state index in [1.807, 2.05) is 38.6 Å². The fraction of sp³-hybridized carbons (Fsp3) is 0.600. The van der Waals surface area contributed by atoms with Crippen LogP contribution in [0.3, 0.4) is 0 Å². The van der Waals surface area contributed by atoms with Gasteiger partial charge in [0.15, 0.2) is 0 Å². The predicted molar refractivity (Wildman–Crippen MR) is 56.3 cm³/mol. The number of ether oxygens (including phenoxy) is 1. The Hall–Kier alpha value is -1.52. The molecule has 1 aromatic rings. The van der Waals surface area contributed by atoms with Gasteiger partial charge >= 0.3 is 6.09 Å². The highest BCUT2D eigenvalue weighted by Crippen LogP contribution is 2.06. The first-order chi connectivity index (χ1) is 6.87. The molecule has 0 atom stereocenters. The lowest BCUT2D eigenvalue weighted by Crippen LogP contribution is -2.32. The van der Waals surface area contributed by atoms with Crippen molar-refractivity contribution in [2.75, 3.05) is 0 Å². The molecule has 0 fully saturated rings. The van der Waals surface area contributed by atoms with Crippen molar-refractivity contribution in [1.29, 1.82) is 0 Å². The first kappa shape index (κ1) is 11.6. The van der Waals surface area contributed by atoms with Gasteiger partial charge in [0.2, 0.25) is 0 Å². The first-order valence-electron chi connectivity index (χ1n) is 4.80. The van der Waals surface area contributed by atoms with E-state index in [1.54, 1.807) is 6.33 Å². The standard InChI is InChI=1S/C10H17N3O2/c1-10(2,3)15-9(14)11-5-8-6-13(4)7-12-8/h6-7H,5H2,1-4H3,(H,11,14). The molecular formula is C10H17N3O2. The number of hydrogen-bond donors (Lipinski definition) is 1. The van der Waals surface area contributed by atoms with Gasteiger partial charge in [0.1, 0.15) is 5.60 Å². The summed E-state index contributed by atoms with van der Waals surface area (Å²) >= 11 is 0. The molecule has 0 aliphatic carbocycles. The lowest BCUT2D eigenvalue weighted by atomic mass is 10.2. The molecule has 1 amide bonds. The monoisotopic (exact) mass is 211 g/mol. The molecule has 1 rings (SSSR count). The van der Waals surface area contributed by atoms with Crippen LogP contribution >= 0.6 is 0 Å². The van der Waals surface area contributed by atoms with Gasteiger partial charge in [-0.3, -0.25) is 0 Å². The Bertz CT molecular complexity index is 339. The van der Waals surface area contributed by atoms with Crippen molar-refractivity contribution >= 4 is 6.09 Å². The Morgan fingerprint density at radius 2 is 2.27 bits per heavy atom. The first-order valence-corrected chi connectivity index (χ1v) is 4.80. The topological polar surface area (TPSA) is 56.2 Å². The summed E-state index contributed by atoms with van der Waals surface area (Å²) in [4.78, 5) is 15.3. The van der Waals surface area contributed by atoms with Crippen molar-refractivity contribution in [1.82, 2.24) is 14.9 Å². The third-order valence-electron chi connectivity index (χ3n) is 1.57. The Labute approximate surface area is 89.4 Å². The summed E-state index contributed by atoms with van der Waals surface area (Å²) < 4.78 is 6.91. The van der Waals surface area contributed by atoms with Crippen LogP contribution in [0.4, 0.5) is 4.79 Å². The molecule has 0 spiro atoms. The summed E-state index contributed by atoms with van der Waals surface area (Å²) in [6.07, 6.45) is 3.11. The molecule has 1 heterocycles. The Morgan fingerprint density at radius 1 is 1.60 bits per heavy atom. The lowest BCUT2D eigenvalue weighted by Gasteiger charge is -2.19. The molecule has 5 heteroatoms. The van der Waals surface area contributed by atoms with Gasteiger partial charge in [0.25, 0.3) is 0 Å². The van der Waals surface area contributed by atoms with Gasteiger partial charge in [-0.15, -0.1) is 0 Å². The number of carbonyl (C=O) groups is 1. The Balaban J connectivity index is 2.35. The van der Waals surface area contributed by atoms with E-state index in [0.29, 0.717) is 6.54 Å². The zero-order chi connectivity index (χ0) is 11.5. The highest BCUT2D eigenvalue weighted by molar-refractivity contribution is 5.67. The summed E-state index contributed by atoms with van der Waals surface area (Å²) in [7, 11) is 1.88. The molecule has 1 N–H and O–H groups in total. The number of amides is 1. The third kappa shape index (κ3) is 4.49. The molecule has 15 heavy (non-hydrogen) atoms. The van der Waals surface area contributed by atoms with Crippen LogP contribution in [0.15, 0.2) is 12.5 Å². The second kappa shape index (κ2) is 4.33. The van der Waals surface area contributed by atoms with Crippen molar-refractivity contribution in [2.24, 2.45) is 7.05 Å². The lowest BCUT2D eigenvalue weighted by molar-refractivity contribution is 0.0523. The number of imidazole rings is 1. The zero-order valence-corrected chi connectivity index (χ0v) is 9.57. The highest BCUT2D eigenvalue weighted by Gasteiger charge is 2.15. The Kier molecular flexibility index (Phi) is 3.34. The van der Waals surface area contributed by atoms with E-state index in [-0.39, 0.29) is 0 Å². The van der Waals surface area contributed by atoms with E-state index in [2.05, 4.69) is 10.3 Å². The molecule has 0 aliphatic rings. The van der Waals surface area contributed by atoms with E-state index in [1.165, 1.54) is 0 Å². The van der Waals surface area contributed by atoms with E-state index in [0.717, 1.165) is 5.69 Å². The van der Waals surface area contributed by atoms with Crippen LogP contribution in [0.1, 0.15) is 26.5 Å². The van der Waals surface area contributed by atoms with Crippen molar-refractivity contribution in [3.8, 4) is 0 Å². The Morgan fingerprint density at radius 3 is 2.73 bits per heavy atom. The normalized spacial score (nSPS) is 11.2. The number of carbonyl (C=O) groups excluding carboxylic acids is 1. The molecule has 0 saturated heterocycles. The van der Waals surface area contributed by atoms with Gasteiger partial charge in [-0.05, 0) is 20.8 Å². The molecule has 84 valence electrons. The summed E-state index contributed by atoms with van der Waals surface area (Å²) in [5.41, 5.74) is 0.345. The summed E-state index contributed by atoms with van der Waals surface area (Å²) in [6, 6.07) is 0. The van der Waals surface area contributed by atoms with Gasteiger partial charge in [0, 0.05) is 13.2 Å². The number of aryl methyl sites for hydroxylation is 1. The van der Waals surface area contributed by atoms with Crippen LogP contribution in [-0.2, 0) is 18.3 Å². The smallest absolute Gasteiger partial charge is 0.407 e.